The van der Waals surface area contributed by atoms with E-state index in [9.17, 15) is 4.79 Å². The van der Waals surface area contributed by atoms with Gasteiger partial charge in [-0.3, -0.25) is 9.78 Å². The molecule has 0 bridgehead atoms. The van der Waals surface area contributed by atoms with Crippen LogP contribution in [0, 0.1) is 6.92 Å². The number of carbonyl (C=O) groups excluding carboxylic acids is 1. The summed E-state index contributed by atoms with van der Waals surface area (Å²) in [6.45, 7) is 2.04. The first-order chi connectivity index (χ1) is 11.7. The molecular weight excluding hydrogens is 308 g/mol. The van der Waals surface area contributed by atoms with Gasteiger partial charge in [0.25, 0.3) is 11.8 Å². The van der Waals surface area contributed by atoms with Crippen LogP contribution in [0.5, 0.6) is 5.75 Å². The molecule has 0 fully saturated rings. The van der Waals surface area contributed by atoms with Gasteiger partial charge in [-0.05, 0) is 30.7 Å². The molecule has 3 rings (SSSR count). The van der Waals surface area contributed by atoms with Crippen LogP contribution in [0.1, 0.15) is 11.4 Å². The Morgan fingerprint density at radius 3 is 2.88 bits per heavy atom. The fraction of sp³-hybridized carbons (Fsp3) is 0.176. The lowest BCUT2D eigenvalue weighted by atomic mass is 10.2. The molecule has 0 aliphatic rings. The first-order valence-corrected chi connectivity index (χ1v) is 7.40. The molecule has 1 amide bonds. The first kappa shape index (κ1) is 15.7. The Morgan fingerprint density at radius 2 is 2.12 bits per heavy atom. The van der Waals surface area contributed by atoms with Gasteiger partial charge in [-0.1, -0.05) is 23.4 Å². The van der Waals surface area contributed by atoms with Gasteiger partial charge < -0.3 is 14.6 Å². The van der Waals surface area contributed by atoms with E-state index in [1.54, 1.807) is 31.5 Å². The Morgan fingerprint density at radius 1 is 1.25 bits per heavy atom. The predicted molar refractivity (Wildman–Crippen MR) is 86.0 cm³/mol. The molecule has 0 spiro atoms. The van der Waals surface area contributed by atoms with Crippen LogP contribution in [0.4, 0.5) is 0 Å². The van der Waals surface area contributed by atoms with Gasteiger partial charge in [-0.2, -0.15) is 4.98 Å². The molecule has 2 heterocycles. The standard InChI is InChI=1S/C17H16N4O3/c1-12-20-17(24-21-12)14-6-2-3-7-15(14)23-11-16(22)19-10-13-5-4-8-18-9-13/h2-9H,10-11H2,1H3,(H,19,22). The molecule has 0 unspecified atom stereocenters. The maximum absolute atomic E-state index is 11.9. The number of benzene rings is 1. The number of aryl methyl sites for hydroxylation is 1. The summed E-state index contributed by atoms with van der Waals surface area (Å²) in [5, 5.41) is 6.54. The number of hydrogen-bond acceptors (Lipinski definition) is 6. The molecule has 0 radical (unpaired) electrons. The highest BCUT2D eigenvalue weighted by molar-refractivity contribution is 5.77. The van der Waals surface area contributed by atoms with Crippen LogP contribution in [-0.2, 0) is 11.3 Å². The van der Waals surface area contributed by atoms with E-state index in [1.165, 1.54) is 0 Å². The zero-order valence-corrected chi connectivity index (χ0v) is 13.1. The molecule has 0 atom stereocenters. The number of para-hydroxylation sites is 1. The highest BCUT2D eigenvalue weighted by Gasteiger charge is 2.13. The van der Waals surface area contributed by atoms with Crippen LogP contribution in [0.3, 0.4) is 0 Å². The summed E-state index contributed by atoms with van der Waals surface area (Å²) < 4.78 is 10.8. The number of carbonyl (C=O) groups is 1. The summed E-state index contributed by atoms with van der Waals surface area (Å²) in [4.78, 5) is 20.1. The second-order valence-corrected chi connectivity index (χ2v) is 5.07. The molecule has 0 saturated heterocycles. The fourth-order valence-electron chi connectivity index (χ4n) is 2.07. The fourth-order valence-corrected chi connectivity index (χ4v) is 2.07. The van der Waals surface area contributed by atoms with Crippen molar-refractivity contribution in [3.63, 3.8) is 0 Å². The van der Waals surface area contributed by atoms with Gasteiger partial charge in [0.1, 0.15) is 5.75 Å². The molecule has 122 valence electrons. The Hall–Kier alpha value is -3.22. The van der Waals surface area contributed by atoms with Gasteiger partial charge in [0.2, 0.25) is 0 Å². The van der Waals surface area contributed by atoms with Gasteiger partial charge in [-0.25, -0.2) is 0 Å². The van der Waals surface area contributed by atoms with E-state index in [0.29, 0.717) is 29.6 Å². The summed E-state index contributed by atoms with van der Waals surface area (Å²) in [5.41, 5.74) is 1.57. The molecule has 2 aromatic heterocycles. The largest absolute Gasteiger partial charge is 0.483 e. The van der Waals surface area contributed by atoms with Gasteiger partial charge in [-0.15, -0.1) is 0 Å². The summed E-state index contributed by atoms with van der Waals surface area (Å²) in [7, 11) is 0. The summed E-state index contributed by atoms with van der Waals surface area (Å²) in [6.07, 6.45) is 3.39. The van der Waals surface area contributed by atoms with Crippen LogP contribution in [0.15, 0.2) is 53.3 Å². The minimum atomic E-state index is -0.227. The first-order valence-electron chi connectivity index (χ1n) is 7.40. The zero-order valence-electron chi connectivity index (χ0n) is 13.1. The van der Waals surface area contributed by atoms with Gasteiger partial charge >= 0.3 is 0 Å². The number of rotatable bonds is 6. The van der Waals surface area contributed by atoms with Gasteiger partial charge in [0, 0.05) is 18.9 Å². The lowest BCUT2D eigenvalue weighted by Crippen LogP contribution is -2.28. The Balaban J connectivity index is 1.59. The van der Waals surface area contributed by atoms with Crippen molar-refractivity contribution >= 4 is 5.91 Å². The Bertz CT molecular complexity index is 817. The van der Waals surface area contributed by atoms with Crippen LogP contribution < -0.4 is 10.1 Å². The SMILES string of the molecule is Cc1noc(-c2ccccc2OCC(=O)NCc2cccnc2)n1. The quantitative estimate of drug-likeness (QED) is 0.747. The summed E-state index contributed by atoms with van der Waals surface area (Å²) >= 11 is 0. The van der Waals surface area contributed by atoms with E-state index < -0.39 is 0 Å². The van der Waals surface area contributed by atoms with E-state index in [1.807, 2.05) is 24.3 Å². The number of hydrogen-bond donors (Lipinski definition) is 1. The molecule has 0 aliphatic heterocycles. The number of aromatic nitrogens is 3. The minimum absolute atomic E-state index is 0.107. The van der Waals surface area contributed by atoms with Gasteiger partial charge in [0.05, 0.1) is 5.56 Å². The molecule has 0 aliphatic carbocycles. The topological polar surface area (TPSA) is 90.1 Å². The highest BCUT2D eigenvalue weighted by Crippen LogP contribution is 2.28. The predicted octanol–water partition coefficient (Wildman–Crippen LogP) is 2.14. The highest BCUT2D eigenvalue weighted by atomic mass is 16.5. The van der Waals surface area contributed by atoms with Crippen LogP contribution in [0.25, 0.3) is 11.5 Å². The average Bonchev–Trinajstić information content (AvgIpc) is 3.05. The van der Waals surface area contributed by atoms with Crippen molar-refractivity contribution in [2.45, 2.75) is 13.5 Å². The van der Waals surface area contributed by atoms with Crippen LogP contribution >= 0.6 is 0 Å². The maximum Gasteiger partial charge on any atom is 0.261 e. The molecule has 7 nitrogen and oxygen atoms in total. The van der Waals surface area contributed by atoms with Crippen molar-refractivity contribution in [2.75, 3.05) is 6.61 Å². The molecule has 0 saturated carbocycles. The lowest BCUT2D eigenvalue weighted by molar-refractivity contribution is -0.123. The summed E-state index contributed by atoms with van der Waals surface area (Å²) in [5.74, 6) is 1.18. The maximum atomic E-state index is 11.9. The minimum Gasteiger partial charge on any atom is -0.483 e. The Kier molecular flexibility index (Phi) is 4.81. The second-order valence-electron chi connectivity index (χ2n) is 5.07. The van der Waals surface area contributed by atoms with E-state index >= 15 is 0 Å². The number of amides is 1. The number of nitrogens with zero attached hydrogens (tertiary/aromatic N) is 3. The molecule has 7 heteroatoms. The lowest BCUT2D eigenvalue weighted by Gasteiger charge is -2.09. The molecule has 3 aromatic rings. The van der Waals surface area contributed by atoms with Crippen molar-refractivity contribution in [3.8, 4) is 17.2 Å². The van der Waals surface area contributed by atoms with E-state index in [4.69, 9.17) is 9.26 Å². The normalized spacial score (nSPS) is 10.4. The van der Waals surface area contributed by atoms with E-state index in [0.717, 1.165) is 5.56 Å². The number of pyridine rings is 1. The van der Waals surface area contributed by atoms with Crippen molar-refractivity contribution in [3.05, 3.63) is 60.2 Å². The summed E-state index contributed by atoms with van der Waals surface area (Å²) in [6, 6.07) is 10.9. The molecule has 1 aromatic carbocycles. The van der Waals surface area contributed by atoms with E-state index in [-0.39, 0.29) is 12.5 Å². The molecular formula is C17H16N4O3. The van der Waals surface area contributed by atoms with Crippen molar-refractivity contribution < 1.29 is 14.1 Å². The third-order valence-corrected chi connectivity index (χ3v) is 3.22. The smallest absolute Gasteiger partial charge is 0.261 e. The average molecular weight is 324 g/mol. The molecule has 24 heavy (non-hydrogen) atoms. The van der Waals surface area contributed by atoms with Crippen molar-refractivity contribution in [1.29, 1.82) is 0 Å². The molecule has 1 N–H and O–H groups in total. The zero-order chi connectivity index (χ0) is 16.8. The number of ether oxygens (including phenoxy) is 1. The van der Waals surface area contributed by atoms with Gasteiger partial charge in [0.15, 0.2) is 12.4 Å². The Labute approximate surface area is 138 Å². The second kappa shape index (κ2) is 7.36. The third-order valence-electron chi connectivity index (χ3n) is 3.22. The van der Waals surface area contributed by atoms with Crippen LogP contribution in [0.2, 0.25) is 0 Å². The monoisotopic (exact) mass is 324 g/mol. The third kappa shape index (κ3) is 3.95. The van der Waals surface area contributed by atoms with Crippen LogP contribution in [-0.4, -0.2) is 27.6 Å². The van der Waals surface area contributed by atoms with Crippen molar-refractivity contribution in [2.24, 2.45) is 0 Å². The van der Waals surface area contributed by atoms with Crippen molar-refractivity contribution in [1.82, 2.24) is 20.4 Å². The van der Waals surface area contributed by atoms with E-state index in [2.05, 4.69) is 20.4 Å². The number of nitrogens with one attached hydrogen (secondary N) is 1.